The summed E-state index contributed by atoms with van der Waals surface area (Å²) in [5.41, 5.74) is -0.148. The van der Waals surface area contributed by atoms with Crippen LogP contribution in [0.25, 0.3) is 31.3 Å². The summed E-state index contributed by atoms with van der Waals surface area (Å²) in [4.78, 5) is 2.28. The van der Waals surface area contributed by atoms with Gasteiger partial charge in [0.1, 0.15) is 35.4 Å². The quantitative estimate of drug-likeness (QED) is 0.619. The molecule has 0 bridgehead atoms. The average molecular weight is 401 g/mol. The zero-order chi connectivity index (χ0) is 20.6. The van der Waals surface area contributed by atoms with Gasteiger partial charge >= 0.3 is 0 Å². The molecular weight excluding hydrogens is 384 g/mol. The van der Waals surface area contributed by atoms with Crippen molar-refractivity contribution in [2.45, 2.75) is 39.5 Å². The van der Waals surface area contributed by atoms with Gasteiger partial charge in [-0.3, -0.25) is 0 Å². The molecule has 0 N–H and O–H groups in total. The Balaban J connectivity index is 2.87. The fourth-order valence-electron chi connectivity index (χ4n) is 3.16. The van der Waals surface area contributed by atoms with Gasteiger partial charge in [0, 0.05) is 31.0 Å². The standard InChI is InChI=1S/C22H16N4S2/c1-11(2)17-5-15-19(13(7-23)8-24)20(14(9-25)10-26)16-6-18(12(3)4)28-22(16)21(15)27-17/h5-6,11-12H,1-4H3. The normalized spacial score (nSPS) is 10.6. The minimum Gasteiger partial charge on any atom is -0.192 e. The summed E-state index contributed by atoms with van der Waals surface area (Å²) in [5, 5.41) is 40.7. The molecule has 0 radical (unpaired) electrons. The predicted molar refractivity (Wildman–Crippen MR) is 114 cm³/mol. The molecule has 0 aliphatic rings. The third kappa shape index (κ3) is 2.94. The summed E-state index contributed by atoms with van der Waals surface area (Å²) in [6.07, 6.45) is 0. The predicted octanol–water partition coefficient (Wildman–Crippen LogP) is 4.76. The third-order valence-electron chi connectivity index (χ3n) is 4.58. The number of nitriles is 4. The number of rotatable bonds is 2. The fraction of sp³-hybridized carbons (Fsp3) is 0.273. The summed E-state index contributed by atoms with van der Waals surface area (Å²) in [5.74, 6) is 0.576. The maximum absolute atomic E-state index is 9.59. The Kier molecular flexibility index (Phi) is 5.22. The van der Waals surface area contributed by atoms with Crippen LogP contribution < -0.4 is 10.4 Å². The second-order valence-corrected chi connectivity index (χ2v) is 9.21. The molecule has 0 spiro atoms. The van der Waals surface area contributed by atoms with E-state index in [1.54, 1.807) is 22.7 Å². The molecule has 0 saturated carbocycles. The second kappa shape index (κ2) is 7.46. The zero-order valence-electron chi connectivity index (χ0n) is 15.9. The first kappa shape index (κ1) is 19.6. The molecule has 0 unspecified atom stereocenters. The fourth-order valence-corrected chi connectivity index (χ4v) is 5.65. The van der Waals surface area contributed by atoms with Gasteiger partial charge in [-0.05, 0) is 24.0 Å². The summed E-state index contributed by atoms with van der Waals surface area (Å²) in [6, 6.07) is 11.9. The minimum atomic E-state index is -0.0738. The van der Waals surface area contributed by atoms with Crippen LogP contribution in [-0.2, 0) is 0 Å². The average Bonchev–Trinajstić information content (AvgIpc) is 3.29. The Morgan fingerprint density at radius 2 is 1.00 bits per heavy atom. The van der Waals surface area contributed by atoms with E-state index in [-0.39, 0.29) is 23.0 Å². The molecule has 0 aliphatic carbocycles. The molecule has 0 saturated heterocycles. The van der Waals surface area contributed by atoms with Gasteiger partial charge in [0.15, 0.2) is 0 Å². The SMILES string of the molecule is CC(C)c1cc2c(=C(C#N)C#N)c(=C(C#N)C#N)c3cc(C(C)C)sc3c2s1. The van der Waals surface area contributed by atoms with Gasteiger partial charge in [-0.25, -0.2) is 0 Å². The smallest absolute Gasteiger partial charge is 0.138 e. The van der Waals surface area contributed by atoms with E-state index in [1.807, 2.05) is 36.4 Å². The number of fused-ring (bicyclic) bond motifs is 3. The van der Waals surface area contributed by atoms with Crippen molar-refractivity contribution >= 4 is 54.0 Å². The van der Waals surface area contributed by atoms with Crippen molar-refractivity contribution in [3.05, 3.63) is 32.3 Å². The lowest BCUT2D eigenvalue weighted by Crippen LogP contribution is -2.30. The number of benzene rings is 1. The molecule has 1 aromatic carbocycles. The van der Waals surface area contributed by atoms with E-state index in [0.717, 1.165) is 29.9 Å². The van der Waals surface area contributed by atoms with E-state index in [2.05, 4.69) is 27.7 Å². The molecule has 4 nitrogen and oxygen atoms in total. The molecule has 136 valence electrons. The van der Waals surface area contributed by atoms with Crippen LogP contribution in [0.2, 0.25) is 0 Å². The summed E-state index contributed by atoms with van der Waals surface area (Å²) >= 11 is 3.30. The van der Waals surface area contributed by atoms with Gasteiger partial charge < -0.3 is 0 Å². The lowest BCUT2D eigenvalue weighted by molar-refractivity contribution is 0.890. The Bertz CT molecular complexity index is 1260. The Morgan fingerprint density at radius 3 is 1.25 bits per heavy atom. The van der Waals surface area contributed by atoms with E-state index >= 15 is 0 Å². The molecule has 0 aliphatic heterocycles. The van der Waals surface area contributed by atoms with Crippen LogP contribution in [-0.4, -0.2) is 0 Å². The molecule has 0 amide bonds. The van der Waals surface area contributed by atoms with Crippen molar-refractivity contribution in [3.8, 4) is 24.3 Å². The minimum absolute atomic E-state index is 0.0738. The van der Waals surface area contributed by atoms with Gasteiger partial charge in [-0.1, -0.05) is 27.7 Å². The first-order valence-corrected chi connectivity index (χ1v) is 10.4. The van der Waals surface area contributed by atoms with Crippen LogP contribution in [0.1, 0.15) is 49.3 Å². The summed E-state index contributed by atoms with van der Waals surface area (Å²) in [7, 11) is 0. The van der Waals surface area contributed by atoms with Gasteiger partial charge in [-0.2, -0.15) is 21.0 Å². The largest absolute Gasteiger partial charge is 0.192 e. The lowest BCUT2D eigenvalue weighted by atomic mass is 10.00. The topological polar surface area (TPSA) is 95.2 Å². The lowest BCUT2D eigenvalue weighted by Gasteiger charge is -1.99. The number of hydrogen-bond acceptors (Lipinski definition) is 6. The van der Waals surface area contributed by atoms with Gasteiger partial charge in [0.25, 0.3) is 0 Å². The number of nitrogens with zero attached hydrogens (tertiary/aromatic N) is 4. The molecule has 28 heavy (non-hydrogen) atoms. The van der Waals surface area contributed by atoms with E-state index in [9.17, 15) is 21.0 Å². The van der Waals surface area contributed by atoms with Crippen LogP contribution in [0.15, 0.2) is 12.1 Å². The van der Waals surface area contributed by atoms with Crippen molar-refractivity contribution in [2.75, 3.05) is 0 Å². The molecule has 0 atom stereocenters. The highest BCUT2D eigenvalue weighted by atomic mass is 32.1. The van der Waals surface area contributed by atoms with Crippen molar-refractivity contribution in [1.29, 1.82) is 21.0 Å². The third-order valence-corrected chi connectivity index (χ3v) is 7.62. The first-order chi connectivity index (χ1) is 13.4. The Hall–Kier alpha value is -3.16. The van der Waals surface area contributed by atoms with Crippen LogP contribution in [0.4, 0.5) is 0 Å². The zero-order valence-corrected chi connectivity index (χ0v) is 17.5. The highest BCUT2D eigenvalue weighted by molar-refractivity contribution is 7.27. The molecule has 3 rings (SSSR count). The van der Waals surface area contributed by atoms with Crippen LogP contribution in [0, 0.1) is 45.3 Å². The van der Waals surface area contributed by atoms with Gasteiger partial charge in [0.05, 0.1) is 9.40 Å². The molecule has 3 aromatic rings. The van der Waals surface area contributed by atoms with Gasteiger partial charge in [0.2, 0.25) is 0 Å². The van der Waals surface area contributed by atoms with Crippen molar-refractivity contribution in [2.24, 2.45) is 0 Å². The van der Waals surface area contributed by atoms with Crippen molar-refractivity contribution in [3.63, 3.8) is 0 Å². The van der Waals surface area contributed by atoms with Crippen LogP contribution in [0.5, 0.6) is 0 Å². The first-order valence-electron chi connectivity index (χ1n) is 8.75. The van der Waals surface area contributed by atoms with Crippen molar-refractivity contribution in [1.82, 2.24) is 0 Å². The monoisotopic (exact) mass is 400 g/mol. The Labute approximate surface area is 171 Å². The number of thiophene rings is 2. The van der Waals surface area contributed by atoms with Gasteiger partial charge in [-0.15, -0.1) is 22.7 Å². The molecule has 0 fully saturated rings. The van der Waals surface area contributed by atoms with Crippen LogP contribution >= 0.6 is 22.7 Å². The van der Waals surface area contributed by atoms with E-state index < -0.39 is 0 Å². The van der Waals surface area contributed by atoms with Crippen LogP contribution in [0.3, 0.4) is 0 Å². The second-order valence-electron chi connectivity index (χ2n) is 7.04. The summed E-state index contributed by atoms with van der Waals surface area (Å²) in [6.45, 7) is 8.38. The molecular formula is C22H16N4S2. The summed E-state index contributed by atoms with van der Waals surface area (Å²) < 4.78 is 2.01. The van der Waals surface area contributed by atoms with E-state index in [0.29, 0.717) is 10.4 Å². The van der Waals surface area contributed by atoms with E-state index in [1.165, 1.54) is 0 Å². The highest BCUT2D eigenvalue weighted by Crippen LogP contribution is 2.38. The Morgan fingerprint density at radius 1 is 0.679 bits per heavy atom. The molecule has 2 aromatic heterocycles. The van der Waals surface area contributed by atoms with Crippen molar-refractivity contribution < 1.29 is 0 Å². The highest BCUT2D eigenvalue weighted by Gasteiger charge is 2.19. The maximum Gasteiger partial charge on any atom is 0.138 e. The van der Waals surface area contributed by atoms with E-state index in [4.69, 9.17) is 0 Å². The molecule has 2 heterocycles. The number of hydrogen-bond donors (Lipinski definition) is 0. The molecule has 6 heteroatoms. The maximum atomic E-state index is 9.59.